The second-order valence-electron chi connectivity index (χ2n) is 5.61. The van der Waals surface area contributed by atoms with E-state index in [9.17, 15) is 0 Å². The van der Waals surface area contributed by atoms with Crippen molar-refractivity contribution in [3.8, 4) is 0 Å². The van der Waals surface area contributed by atoms with Crippen LogP contribution >= 0.6 is 0 Å². The Bertz CT molecular complexity index is 438. The molecule has 1 aliphatic carbocycles. The van der Waals surface area contributed by atoms with E-state index in [2.05, 4.69) is 34.4 Å². The number of nitrogens with zero attached hydrogens (tertiary/aromatic N) is 2. The predicted octanol–water partition coefficient (Wildman–Crippen LogP) is 2.90. The van der Waals surface area contributed by atoms with E-state index in [1.165, 1.54) is 12.8 Å². The van der Waals surface area contributed by atoms with E-state index >= 15 is 0 Å². The van der Waals surface area contributed by atoms with Gasteiger partial charge in [0.2, 0.25) is 0 Å². The fraction of sp³-hybridized carbons (Fsp3) is 0.733. The maximum absolute atomic E-state index is 5.40. The van der Waals surface area contributed by atoms with Crippen molar-refractivity contribution in [2.24, 2.45) is 11.8 Å². The molecule has 1 fully saturated rings. The summed E-state index contributed by atoms with van der Waals surface area (Å²) in [5.41, 5.74) is 0. The lowest BCUT2D eigenvalue weighted by atomic mass is 9.98. The highest BCUT2D eigenvalue weighted by Crippen LogP contribution is 2.33. The van der Waals surface area contributed by atoms with Crippen molar-refractivity contribution in [1.82, 2.24) is 9.97 Å². The molecule has 1 aromatic rings. The topological polar surface area (TPSA) is 59.1 Å². The lowest BCUT2D eigenvalue weighted by Crippen LogP contribution is -2.25. The molecule has 1 saturated carbocycles. The van der Waals surface area contributed by atoms with Crippen molar-refractivity contribution in [2.45, 2.75) is 46.3 Å². The van der Waals surface area contributed by atoms with Gasteiger partial charge in [-0.1, -0.05) is 13.8 Å². The maximum Gasteiger partial charge on any atom is 0.158 e. The number of ether oxygens (including phenoxy) is 1. The largest absolute Gasteiger partial charge is 0.374 e. The van der Waals surface area contributed by atoms with Crippen molar-refractivity contribution in [3.05, 3.63) is 11.9 Å². The number of anilines is 2. The minimum Gasteiger partial charge on any atom is -0.374 e. The Labute approximate surface area is 121 Å². The monoisotopic (exact) mass is 278 g/mol. The van der Waals surface area contributed by atoms with Crippen molar-refractivity contribution in [1.29, 1.82) is 0 Å². The summed E-state index contributed by atoms with van der Waals surface area (Å²) in [5.74, 6) is 3.90. The molecule has 3 atom stereocenters. The van der Waals surface area contributed by atoms with Gasteiger partial charge in [0.15, 0.2) is 5.82 Å². The summed E-state index contributed by atoms with van der Waals surface area (Å²) in [6.07, 6.45) is 2.50. The third-order valence-electron chi connectivity index (χ3n) is 4.26. The summed E-state index contributed by atoms with van der Waals surface area (Å²) >= 11 is 0. The minimum absolute atomic E-state index is 0.456. The lowest BCUT2D eigenvalue weighted by Gasteiger charge is -2.20. The molecule has 0 saturated heterocycles. The van der Waals surface area contributed by atoms with Crippen LogP contribution in [0.2, 0.25) is 0 Å². The van der Waals surface area contributed by atoms with Crippen molar-refractivity contribution in [3.63, 3.8) is 0 Å². The Morgan fingerprint density at radius 2 is 2.00 bits per heavy atom. The van der Waals surface area contributed by atoms with Gasteiger partial charge in [-0.2, -0.15) is 0 Å². The normalized spacial score (nSPS) is 25.7. The van der Waals surface area contributed by atoms with Crippen LogP contribution in [0.25, 0.3) is 0 Å². The average Bonchev–Trinajstić information content (AvgIpc) is 2.77. The molecule has 0 amide bonds. The van der Waals surface area contributed by atoms with Crippen molar-refractivity contribution >= 4 is 11.6 Å². The molecular formula is C15H26N4O. The van der Waals surface area contributed by atoms with Gasteiger partial charge < -0.3 is 15.4 Å². The van der Waals surface area contributed by atoms with E-state index in [0.717, 1.165) is 23.4 Å². The molecular weight excluding hydrogens is 252 g/mol. The molecule has 2 N–H and O–H groups in total. The van der Waals surface area contributed by atoms with Gasteiger partial charge in [-0.3, -0.25) is 0 Å². The van der Waals surface area contributed by atoms with Gasteiger partial charge >= 0.3 is 0 Å². The van der Waals surface area contributed by atoms with Gasteiger partial charge in [0.1, 0.15) is 18.2 Å². The van der Waals surface area contributed by atoms with E-state index in [-0.39, 0.29) is 0 Å². The number of hydrogen-bond donors (Lipinski definition) is 2. The van der Waals surface area contributed by atoms with Gasteiger partial charge in [0.05, 0.1) is 0 Å². The summed E-state index contributed by atoms with van der Waals surface area (Å²) < 4.78 is 5.40. The number of rotatable bonds is 6. The maximum atomic E-state index is 5.40. The molecule has 0 aliphatic heterocycles. The van der Waals surface area contributed by atoms with Crippen LogP contribution < -0.4 is 10.6 Å². The van der Waals surface area contributed by atoms with E-state index < -0.39 is 0 Å². The van der Waals surface area contributed by atoms with Crippen LogP contribution in [0.5, 0.6) is 0 Å². The van der Waals surface area contributed by atoms with Crippen molar-refractivity contribution in [2.75, 3.05) is 24.3 Å². The molecule has 0 bridgehead atoms. The lowest BCUT2D eigenvalue weighted by molar-refractivity contribution is 0.128. The van der Waals surface area contributed by atoms with E-state index in [1.807, 2.05) is 20.0 Å². The Hall–Kier alpha value is -1.36. The Balaban J connectivity index is 2.10. The van der Waals surface area contributed by atoms with Crippen LogP contribution in [0.15, 0.2) is 6.07 Å². The predicted molar refractivity (Wildman–Crippen MR) is 81.9 cm³/mol. The molecule has 3 unspecified atom stereocenters. The molecule has 0 aromatic carbocycles. The smallest absolute Gasteiger partial charge is 0.158 e. The van der Waals surface area contributed by atoms with E-state index in [4.69, 9.17) is 4.74 Å². The minimum atomic E-state index is 0.456. The summed E-state index contributed by atoms with van der Waals surface area (Å²) in [6, 6.07) is 2.47. The van der Waals surface area contributed by atoms with Gasteiger partial charge in [0.25, 0.3) is 0 Å². The van der Waals surface area contributed by atoms with Gasteiger partial charge in [-0.05, 0) is 31.6 Å². The van der Waals surface area contributed by atoms with E-state index in [1.54, 1.807) is 0 Å². The Morgan fingerprint density at radius 3 is 2.60 bits per heavy atom. The average molecular weight is 278 g/mol. The van der Waals surface area contributed by atoms with Crippen LogP contribution in [0.4, 0.5) is 11.6 Å². The van der Waals surface area contributed by atoms with Crippen LogP contribution in [0.1, 0.15) is 39.4 Å². The summed E-state index contributed by atoms with van der Waals surface area (Å²) in [6.45, 7) is 7.75. The quantitative estimate of drug-likeness (QED) is 0.838. The van der Waals surface area contributed by atoms with Gasteiger partial charge in [-0.15, -0.1) is 0 Å². The zero-order valence-corrected chi connectivity index (χ0v) is 12.9. The highest BCUT2D eigenvalue weighted by molar-refractivity contribution is 5.48. The van der Waals surface area contributed by atoms with Crippen LogP contribution in [-0.2, 0) is 11.3 Å². The van der Waals surface area contributed by atoms with E-state index in [0.29, 0.717) is 25.2 Å². The summed E-state index contributed by atoms with van der Waals surface area (Å²) in [7, 11) is 1.87. The molecule has 0 spiro atoms. The molecule has 5 nitrogen and oxygen atoms in total. The zero-order valence-electron chi connectivity index (χ0n) is 12.9. The molecule has 112 valence electrons. The first-order chi connectivity index (χ1) is 9.63. The number of aromatic nitrogens is 2. The fourth-order valence-corrected chi connectivity index (χ4v) is 2.72. The highest BCUT2D eigenvalue weighted by Gasteiger charge is 2.29. The molecule has 1 heterocycles. The van der Waals surface area contributed by atoms with Gasteiger partial charge in [-0.25, -0.2) is 9.97 Å². The standard InChI is InChI=1S/C15H26N4O/c1-5-20-9-15-18-13(16-4)8-14(19-15)17-12-7-6-10(2)11(12)3/h8,10-12H,5-7,9H2,1-4H3,(H2,16,17,18,19). The molecule has 1 aromatic heterocycles. The second kappa shape index (κ2) is 6.88. The second-order valence-corrected chi connectivity index (χ2v) is 5.61. The SMILES string of the molecule is CCOCc1nc(NC)cc(NC2CCC(C)C2C)n1. The van der Waals surface area contributed by atoms with Crippen LogP contribution in [0, 0.1) is 11.8 Å². The van der Waals surface area contributed by atoms with Crippen molar-refractivity contribution < 1.29 is 4.74 Å². The summed E-state index contributed by atoms with van der Waals surface area (Å²) in [5, 5.41) is 6.65. The molecule has 2 rings (SSSR count). The number of hydrogen-bond acceptors (Lipinski definition) is 5. The molecule has 0 radical (unpaired) electrons. The molecule has 5 heteroatoms. The number of nitrogens with one attached hydrogen (secondary N) is 2. The highest BCUT2D eigenvalue weighted by atomic mass is 16.5. The third-order valence-corrected chi connectivity index (χ3v) is 4.26. The Kier molecular flexibility index (Phi) is 5.17. The Morgan fingerprint density at radius 1 is 1.25 bits per heavy atom. The first-order valence-corrected chi connectivity index (χ1v) is 7.54. The first kappa shape index (κ1) is 15.0. The fourth-order valence-electron chi connectivity index (χ4n) is 2.72. The summed E-state index contributed by atoms with van der Waals surface area (Å²) in [4.78, 5) is 8.97. The van der Waals surface area contributed by atoms with Crippen LogP contribution in [0.3, 0.4) is 0 Å². The molecule has 1 aliphatic rings. The first-order valence-electron chi connectivity index (χ1n) is 7.54. The molecule has 20 heavy (non-hydrogen) atoms. The van der Waals surface area contributed by atoms with Gasteiger partial charge in [0, 0.05) is 25.8 Å². The third kappa shape index (κ3) is 3.60. The zero-order chi connectivity index (χ0) is 14.5. The van der Waals surface area contributed by atoms with Crippen LogP contribution in [-0.4, -0.2) is 29.7 Å².